The number of ether oxygens (including phenoxy) is 2. The number of para-hydroxylation sites is 4. The zero-order valence-corrected chi connectivity index (χ0v) is 42.4. The molecule has 0 fully saturated rings. The van der Waals surface area contributed by atoms with E-state index >= 15 is 0 Å². The Hall–Kier alpha value is -9.96. The van der Waals surface area contributed by atoms with Gasteiger partial charge in [0.1, 0.15) is 23.0 Å². The van der Waals surface area contributed by atoms with Gasteiger partial charge in [-0.15, -0.1) is 0 Å². The van der Waals surface area contributed by atoms with E-state index in [-0.39, 0.29) is 0 Å². The maximum Gasteiger partial charge on any atom is 0.132 e. The molecule has 2 aliphatic heterocycles. The van der Waals surface area contributed by atoms with Gasteiger partial charge in [0, 0.05) is 39.1 Å². The predicted molar refractivity (Wildman–Crippen MR) is 313 cm³/mol. The lowest BCUT2D eigenvalue weighted by Crippen LogP contribution is -2.33. The first-order valence-corrected chi connectivity index (χ1v) is 27.1. The molecule has 2 heterocycles. The zero-order chi connectivity index (χ0) is 51.2. The van der Waals surface area contributed by atoms with E-state index in [1.807, 2.05) is 0 Å². The second-order valence-corrected chi connectivity index (χ2v) is 21.3. The van der Waals surface area contributed by atoms with Crippen LogP contribution in [0.4, 0.5) is 17.1 Å². The largest absolute Gasteiger partial charge is 0.457 e. The van der Waals surface area contributed by atoms with Gasteiger partial charge in [0.15, 0.2) is 0 Å². The van der Waals surface area contributed by atoms with Crippen molar-refractivity contribution in [3.05, 3.63) is 352 Å². The number of rotatable bonds is 5. The van der Waals surface area contributed by atoms with Gasteiger partial charge in [0.05, 0.1) is 27.6 Å². The second kappa shape index (κ2) is 16.0. The Bertz CT molecular complexity index is 4350. The van der Waals surface area contributed by atoms with Crippen LogP contribution in [-0.4, -0.2) is 0 Å². The van der Waals surface area contributed by atoms with E-state index in [4.69, 9.17) is 9.47 Å². The minimum atomic E-state index is -0.757. The molecule has 5 aliphatic rings. The minimum Gasteiger partial charge on any atom is -0.457 e. The van der Waals surface area contributed by atoms with Gasteiger partial charge in [-0.1, -0.05) is 237 Å². The van der Waals surface area contributed by atoms with Crippen LogP contribution in [0.1, 0.15) is 66.8 Å². The Balaban J connectivity index is 1.03. The molecule has 3 nitrogen and oxygen atoms in total. The van der Waals surface area contributed by atoms with Crippen LogP contribution in [0, 0.1) is 0 Å². The Morgan fingerprint density at radius 3 is 1.19 bits per heavy atom. The summed E-state index contributed by atoms with van der Waals surface area (Å²) in [5, 5.41) is 0. The Labute approximate surface area is 453 Å². The maximum absolute atomic E-state index is 6.95. The Morgan fingerprint density at radius 1 is 0.244 bits per heavy atom. The third-order valence-corrected chi connectivity index (χ3v) is 17.9. The quantitative estimate of drug-likeness (QED) is 0.172. The summed E-state index contributed by atoms with van der Waals surface area (Å²) >= 11 is 0. The molecule has 0 atom stereocenters. The normalized spacial score (nSPS) is 14.9. The smallest absolute Gasteiger partial charge is 0.132 e. The molecule has 0 aromatic heterocycles. The molecule has 0 amide bonds. The number of nitrogens with zero attached hydrogens (tertiary/aromatic N) is 1. The van der Waals surface area contributed by atoms with Crippen molar-refractivity contribution in [2.24, 2.45) is 0 Å². The molecule has 3 heteroatoms. The van der Waals surface area contributed by atoms with Crippen LogP contribution in [0.15, 0.2) is 285 Å². The summed E-state index contributed by atoms with van der Waals surface area (Å²) < 4.78 is 13.8. The highest BCUT2D eigenvalue weighted by Gasteiger charge is 2.55. The maximum atomic E-state index is 6.95. The molecule has 0 saturated carbocycles. The first kappa shape index (κ1) is 43.3. The number of anilines is 3. The van der Waals surface area contributed by atoms with Gasteiger partial charge < -0.3 is 14.4 Å². The average Bonchev–Trinajstić information content (AvgIpc) is 3.77. The van der Waals surface area contributed by atoms with Crippen molar-refractivity contribution >= 4 is 17.1 Å². The van der Waals surface area contributed by atoms with Crippen molar-refractivity contribution in [2.75, 3.05) is 4.90 Å². The van der Waals surface area contributed by atoms with E-state index in [2.05, 4.69) is 290 Å². The molecular formula is C75H47NO2. The summed E-state index contributed by atoms with van der Waals surface area (Å²) in [6.45, 7) is 0. The lowest BCUT2D eigenvalue weighted by molar-refractivity contribution is 0.436. The molecular weight excluding hydrogens is 947 g/mol. The lowest BCUT2D eigenvalue weighted by atomic mass is 9.65. The summed E-state index contributed by atoms with van der Waals surface area (Å²) in [5.74, 6) is 3.46. The van der Waals surface area contributed by atoms with Gasteiger partial charge >= 0.3 is 0 Å². The van der Waals surface area contributed by atoms with Crippen molar-refractivity contribution in [3.8, 4) is 56.4 Å². The van der Waals surface area contributed by atoms with E-state index in [0.29, 0.717) is 0 Å². The summed E-state index contributed by atoms with van der Waals surface area (Å²) in [6.07, 6.45) is 0. The summed E-state index contributed by atoms with van der Waals surface area (Å²) in [7, 11) is 0. The van der Waals surface area contributed by atoms with Crippen molar-refractivity contribution in [3.63, 3.8) is 0 Å². The topological polar surface area (TPSA) is 21.7 Å². The lowest BCUT2D eigenvalue weighted by Gasteiger charge is -2.42. The zero-order valence-electron chi connectivity index (χ0n) is 42.4. The fourth-order valence-electron chi connectivity index (χ4n) is 15.1. The van der Waals surface area contributed by atoms with E-state index in [1.54, 1.807) is 0 Å². The minimum absolute atomic E-state index is 0.629. The summed E-state index contributed by atoms with van der Waals surface area (Å²) in [4.78, 5) is 2.63. The van der Waals surface area contributed by atoms with Crippen LogP contribution in [-0.2, 0) is 16.2 Å². The van der Waals surface area contributed by atoms with Crippen LogP contribution in [0.3, 0.4) is 0 Å². The monoisotopic (exact) mass is 993 g/mol. The third-order valence-electron chi connectivity index (χ3n) is 17.9. The van der Waals surface area contributed by atoms with Crippen LogP contribution in [0.2, 0.25) is 0 Å². The number of benzene rings is 12. The number of fused-ring (bicyclic) bond motifs is 21. The van der Waals surface area contributed by atoms with Crippen molar-refractivity contribution < 1.29 is 9.47 Å². The molecule has 0 unspecified atom stereocenters. The molecule has 0 radical (unpaired) electrons. The van der Waals surface area contributed by atoms with E-state index in [0.717, 1.165) is 62.3 Å². The SMILES string of the molecule is c1ccc(C2(c3ccccc3)c3ccccc3-c3ccc(N(c4cccc5c4-c4ccccc4C54c5ccccc5Oc5ccccc54)c4cccc5c4C4(c6ccccc6Oc6ccccc64)c4ccccc4-5)cc32)cc1. The van der Waals surface area contributed by atoms with Crippen molar-refractivity contribution in [2.45, 2.75) is 16.2 Å². The van der Waals surface area contributed by atoms with Gasteiger partial charge in [-0.2, -0.15) is 0 Å². The van der Waals surface area contributed by atoms with Crippen LogP contribution in [0.5, 0.6) is 23.0 Å². The first-order chi connectivity index (χ1) is 38.7. The highest BCUT2D eigenvalue weighted by molar-refractivity contribution is 6.02. The van der Waals surface area contributed by atoms with Crippen LogP contribution < -0.4 is 14.4 Å². The summed E-state index contributed by atoms with van der Waals surface area (Å²) in [5.41, 5.74) is 22.9. The highest BCUT2D eigenvalue weighted by Crippen LogP contribution is 2.68. The predicted octanol–water partition coefficient (Wildman–Crippen LogP) is 18.5. The fraction of sp³-hybridized carbons (Fsp3) is 0.0400. The molecule has 0 bridgehead atoms. The molecule has 0 N–H and O–H groups in total. The van der Waals surface area contributed by atoms with Crippen LogP contribution >= 0.6 is 0 Å². The second-order valence-electron chi connectivity index (χ2n) is 21.3. The molecule has 364 valence electrons. The van der Waals surface area contributed by atoms with Gasteiger partial charge in [-0.05, 0) is 115 Å². The van der Waals surface area contributed by atoms with E-state index in [1.165, 1.54) is 77.9 Å². The average molecular weight is 994 g/mol. The third kappa shape index (κ3) is 5.37. The molecule has 2 spiro atoms. The number of hydrogen-bond acceptors (Lipinski definition) is 3. The standard InChI is InChI=1S/C75H47NO2/c1-3-23-48(24-4-1)73(49-25-5-2-6-26-49)56-31-10-7-27-51(56)53-46-45-50(47-64(53)73)76(65-39-22-38-63-71(65)55-29-9-12-33-58(55)74(63)59-34-13-17-41-67(59)77-68-42-18-14-35-60(68)74)66-40-21-30-54-52-28-8-11-32-57(52)75(72(54)66)61-36-15-19-43-69(61)78-70-44-20-16-37-62(70)75/h1-47H. The molecule has 3 aliphatic carbocycles. The Morgan fingerprint density at radius 2 is 0.628 bits per heavy atom. The van der Waals surface area contributed by atoms with Gasteiger partial charge in [0.2, 0.25) is 0 Å². The molecule has 12 aromatic rings. The highest BCUT2D eigenvalue weighted by atomic mass is 16.5. The number of hydrogen-bond donors (Lipinski definition) is 0. The molecule has 0 saturated heterocycles. The van der Waals surface area contributed by atoms with E-state index < -0.39 is 16.2 Å². The Kier molecular flexibility index (Phi) is 8.90. The van der Waals surface area contributed by atoms with Crippen LogP contribution in [0.25, 0.3) is 33.4 Å². The van der Waals surface area contributed by atoms with Crippen molar-refractivity contribution in [1.82, 2.24) is 0 Å². The van der Waals surface area contributed by atoms with Crippen molar-refractivity contribution in [1.29, 1.82) is 0 Å². The van der Waals surface area contributed by atoms with Gasteiger partial charge in [-0.3, -0.25) is 0 Å². The fourth-order valence-corrected chi connectivity index (χ4v) is 15.1. The molecule has 78 heavy (non-hydrogen) atoms. The molecule has 12 aromatic carbocycles. The molecule has 17 rings (SSSR count). The summed E-state index contributed by atoms with van der Waals surface area (Å²) in [6, 6.07) is 106. The van der Waals surface area contributed by atoms with E-state index in [9.17, 15) is 0 Å². The van der Waals surface area contributed by atoms with Gasteiger partial charge in [-0.25, -0.2) is 0 Å². The first-order valence-electron chi connectivity index (χ1n) is 27.1. The van der Waals surface area contributed by atoms with Gasteiger partial charge in [0.25, 0.3) is 0 Å².